The van der Waals surface area contributed by atoms with Crippen LogP contribution in [0.5, 0.6) is 0 Å². The van der Waals surface area contributed by atoms with Crippen molar-refractivity contribution in [3.63, 3.8) is 0 Å². The molecule has 1 heterocycles. The normalized spacial score (nSPS) is 24.1. The second-order valence-corrected chi connectivity index (χ2v) is 4.55. The van der Waals surface area contributed by atoms with Gasteiger partial charge in [0.25, 0.3) is 0 Å². The molecule has 100 valence electrons. The molecule has 0 radical (unpaired) electrons. The van der Waals surface area contributed by atoms with Gasteiger partial charge in [0.15, 0.2) is 6.29 Å². The van der Waals surface area contributed by atoms with Crippen molar-refractivity contribution in [2.75, 3.05) is 19.8 Å². The highest BCUT2D eigenvalue weighted by Gasteiger charge is 2.25. The van der Waals surface area contributed by atoms with E-state index in [0.29, 0.717) is 19.8 Å². The van der Waals surface area contributed by atoms with Crippen LogP contribution in [0.1, 0.15) is 45.4 Å². The van der Waals surface area contributed by atoms with E-state index < -0.39 is 0 Å². The molecule has 1 fully saturated rings. The van der Waals surface area contributed by atoms with Gasteiger partial charge in [0, 0.05) is 0 Å². The zero-order valence-corrected chi connectivity index (χ0v) is 11.0. The summed E-state index contributed by atoms with van der Waals surface area (Å²) >= 11 is 0. The van der Waals surface area contributed by atoms with Gasteiger partial charge in [0.1, 0.15) is 6.10 Å². The first-order valence-electron chi connectivity index (χ1n) is 6.82. The fourth-order valence-corrected chi connectivity index (χ4v) is 1.94. The zero-order valence-electron chi connectivity index (χ0n) is 11.0. The van der Waals surface area contributed by atoms with E-state index in [1.54, 1.807) is 6.08 Å². The summed E-state index contributed by atoms with van der Waals surface area (Å²) in [6, 6.07) is 0. The molecule has 2 unspecified atom stereocenters. The molecule has 17 heavy (non-hydrogen) atoms. The predicted octanol–water partition coefficient (Wildman–Crippen LogP) is 3.29. The minimum absolute atomic E-state index is 0.00559. The zero-order chi connectivity index (χ0) is 12.3. The maximum atomic E-state index is 5.73. The molecule has 1 rings (SSSR count). The van der Waals surface area contributed by atoms with E-state index in [-0.39, 0.29) is 12.4 Å². The highest BCUT2D eigenvalue weighted by Crippen LogP contribution is 2.18. The summed E-state index contributed by atoms with van der Waals surface area (Å²) < 4.78 is 16.7. The van der Waals surface area contributed by atoms with Crippen LogP contribution in [-0.4, -0.2) is 32.2 Å². The molecule has 0 aromatic heterocycles. The molecule has 1 saturated heterocycles. The largest absolute Gasteiger partial charge is 0.375 e. The molecule has 1 aliphatic rings. The Morgan fingerprint density at radius 2 is 2.12 bits per heavy atom. The first kappa shape index (κ1) is 14.7. The molecule has 3 nitrogen and oxygen atoms in total. The smallest absolute Gasteiger partial charge is 0.158 e. The molecule has 2 atom stereocenters. The molecule has 0 N–H and O–H groups in total. The third-order valence-electron chi connectivity index (χ3n) is 2.90. The van der Waals surface area contributed by atoms with Gasteiger partial charge in [0.2, 0.25) is 0 Å². The quantitative estimate of drug-likeness (QED) is 0.434. The van der Waals surface area contributed by atoms with Gasteiger partial charge in [-0.25, -0.2) is 0 Å². The van der Waals surface area contributed by atoms with E-state index >= 15 is 0 Å². The van der Waals surface area contributed by atoms with Crippen LogP contribution in [0.4, 0.5) is 0 Å². The van der Waals surface area contributed by atoms with Crippen molar-refractivity contribution in [2.24, 2.45) is 0 Å². The lowest BCUT2D eigenvalue weighted by Crippen LogP contribution is -2.19. The molecule has 1 aliphatic heterocycles. The first-order valence-corrected chi connectivity index (χ1v) is 6.82. The monoisotopic (exact) mass is 242 g/mol. The fourth-order valence-electron chi connectivity index (χ4n) is 1.94. The molecule has 0 aliphatic carbocycles. The van der Waals surface area contributed by atoms with Gasteiger partial charge in [-0.1, -0.05) is 38.7 Å². The van der Waals surface area contributed by atoms with Crippen LogP contribution < -0.4 is 0 Å². The van der Waals surface area contributed by atoms with Crippen LogP contribution in [-0.2, 0) is 14.2 Å². The Kier molecular flexibility index (Phi) is 8.32. The molecule has 0 aromatic rings. The Balaban J connectivity index is 1.95. The van der Waals surface area contributed by atoms with Gasteiger partial charge in [-0.15, -0.1) is 6.58 Å². The topological polar surface area (TPSA) is 27.7 Å². The molecule has 0 saturated carbocycles. The number of ether oxygens (including phenoxy) is 3. The van der Waals surface area contributed by atoms with E-state index in [0.717, 1.165) is 6.42 Å². The number of hydrogen-bond acceptors (Lipinski definition) is 3. The Hall–Kier alpha value is -0.380. The average molecular weight is 242 g/mol. The third-order valence-corrected chi connectivity index (χ3v) is 2.90. The van der Waals surface area contributed by atoms with Crippen molar-refractivity contribution in [1.29, 1.82) is 0 Å². The van der Waals surface area contributed by atoms with Gasteiger partial charge >= 0.3 is 0 Å². The van der Waals surface area contributed by atoms with Crippen molar-refractivity contribution >= 4 is 0 Å². The maximum Gasteiger partial charge on any atom is 0.158 e. The minimum atomic E-state index is -0.00559. The summed E-state index contributed by atoms with van der Waals surface area (Å²) in [5, 5.41) is 0. The molecule has 0 aromatic carbocycles. The first-order chi connectivity index (χ1) is 8.36. The van der Waals surface area contributed by atoms with Gasteiger partial charge in [-0.3, -0.25) is 0 Å². The Labute approximate surface area is 105 Å². The van der Waals surface area contributed by atoms with Crippen LogP contribution in [0.25, 0.3) is 0 Å². The Morgan fingerprint density at radius 1 is 1.29 bits per heavy atom. The second kappa shape index (κ2) is 9.63. The number of rotatable bonds is 10. The Bertz CT molecular complexity index is 194. The lowest BCUT2D eigenvalue weighted by molar-refractivity contribution is -0.0745. The van der Waals surface area contributed by atoms with Gasteiger partial charge < -0.3 is 14.2 Å². The minimum Gasteiger partial charge on any atom is -0.375 e. The van der Waals surface area contributed by atoms with E-state index in [9.17, 15) is 0 Å². The lowest BCUT2D eigenvalue weighted by Gasteiger charge is -2.11. The van der Waals surface area contributed by atoms with E-state index in [4.69, 9.17) is 14.2 Å². The van der Waals surface area contributed by atoms with Crippen LogP contribution in [0, 0.1) is 0 Å². The number of hydrogen-bond donors (Lipinski definition) is 0. The van der Waals surface area contributed by atoms with Crippen LogP contribution in [0.3, 0.4) is 0 Å². The van der Waals surface area contributed by atoms with Crippen molar-refractivity contribution in [1.82, 2.24) is 0 Å². The standard InChI is InChI=1S/C14H26O3/c1-3-5-6-7-8-9-14-16-12-13(17-14)11-15-10-4-2/h4,13-14H,2-3,5-12H2,1H3. The predicted molar refractivity (Wildman–Crippen MR) is 69.0 cm³/mol. The van der Waals surface area contributed by atoms with Crippen molar-refractivity contribution in [3.8, 4) is 0 Å². The molecule has 0 amide bonds. The van der Waals surface area contributed by atoms with Crippen molar-refractivity contribution in [2.45, 2.75) is 57.8 Å². The average Bonchev–Trinajstić information content (AvgIpc) is 2.77. The maximum absolute atomic E-state index is 5.73. The van der Waals surface area contributed by atoms with Crippen LogP contribution in [0.2, 0.25) is 0 Å². The van der Waals surface area contributed by atoms with Gasteiger partial charge in [0.05, 0.1) is 19.8 Å². The highest BCUT2D eigenvalue weighted by atomic mass is 16.7. The van der Waals surface area contributed by atoms with E-state index in [1.807, 2.05) is 0 Å². The highest BCUT2D eigenvalue weighted by molar-refractivity contribution is 4.68. The summed E-state index contributed by atoms with van der Waals surface area (Å²) in [4.78, 5) is 0. The summed E-state index contributed by atoms with van der Waals surface area (Å²) in [6.07, 6.45) is 9.31. The molecule has 0 bridgehead atoms. The lowest BCUT2D eigenvalue weighted by atomic mass is 10.1. The number of unbranched alkanes of at least 4 members (excludes halogenated alkanes) is 4. The fraction of sp³-hybridized carbons (Fsp3) is 0.857. The SMILES string of the molecule is C=CCOCC1COC(CCCCCCC)O1. The van der Waals surface area contributed by atoms with E-state index in [1.165, 1.54) is 32.1 Å². The third kappa shape index (κ3) is 6.81. The van der Waals surface area contributed by atoms with Crippen LogP contribution in [0.15, 0.2) is 12.7 Å². The van der Waals surface area contributed by atoms with Gasteiger partial charge in [-0.2, -0.15) is 0 Å². The summed E-state index contributed by atoms with van der Waals surface area (Å²) in [7, 11) is 0. The second-order valence-electron chi connectivity index (χ2n) is 4.55. The van der Waals surface area contributed by atoms with Gasteiger partial charge in [-0.05, 0) is 12.8 Å². The summed E-state index contributed by atoms with van der Waals surface area (Å²) in [6.45, 7) is 7.70. The van der Waals surface area contributed by atoms with Crippen LogP contribution >= 0.6 is 0 Å². The summed E-state index contributed by atoms with van der Waals surface area (Å²) in [5.41, 5.74) is 0. The molecule has 0 spiro atoms. The molecular formula is C14H26O3. The molecule has 3 heteroatoms. The molecular weight excluding hydrogens is 216 g/mol. The summed E-state index contributed by atoms with van der Waals surface area (Å²) in [5.74, 6) is 0. The van der Waals surface area contributed by atoms with Crippen molar-refractivity contribution in [3.05, 3.63) is 12.7 Å². The van der Waals surface area contributed by atoms with Crippen molar-refractivity contribution < 1.29 is 14.2 Å². The van der Waals surface area contributed by atoms with E-state index in [2.05, 4.69) is 13.5 Å². The Morgan fingerprint density at radius 3 is 2.88 bits per heavy atom.